The van der Waals surface area contributed by atoms with Crippen LogP contribution in [0.4, 0.5) is 14.0 Å². The molecule has 5 amide bonds. The lowest BCUT2D eigenvalue weighted by Crippen LogP contribution is -2.59. The quantitative estimate of drug-likeness (QED) is 0.303. The van der Waals surface area contributed by atoms with E-state index in [1.165, 1.54) is 21.9 Å². The van der Waals surface area contributed by atoms with E-state index in [2.05, 4.69) is 17.2 Å². The first kappa shape index (κ1) is 34.0. The lowest BCUT2D eigenvalue weighted by Gasteiger charge is -2.36. The van der Waals surface area contributed by atoms with E-state index >= 15 is 0 Å². The normalized spacial score (nSPS) is 24.7. The highest BCUT2D eigenvalue weighted by Gasteiger charge is 2.61. The predicted molar refractivity (Wildman–Crippen MR) is 162 cm³/mol. The summed E-state index contributed by atoms with van der Waals surface area (Å²) >= 11 is 5.61. The summed E-state index contributed by atoms with van der Waals surface area (Å²) in [6.07, 6.45) is -0.749. The standard InChI is InChI=1S/C31H41ClFN5O7/c1-8-18-13-31(18,26(41)36-32)35-24(39)22-12-19(44-28(43)37-14-17-10-9-11-21(33)20(17)16-37)15-38(22)25(40)23(29(2,3)4)34-27(42)45-30(5,6)7/h8-11,18-19,22-23H,1,12-16H2,2-7H3,(H,34,42)(H,35,39)(H,36,41)/t18?,19-,22+,23+,31-/m1/s1. The van der Waals surface area contributed by atoms with Crippen molar-refractivity contribution >= 4 is 41.7 Å². The average molecular weight is 650 g/mol. The number of hydrogen-bond acceptors (Lipinski definition) is 7. The van der Waals surface area contributed by atoms with Gasteiger partial charge in [-0.05, 0) is 44.2 Å². The number of nitrogens with one attached hydrogen (secondary N) is 3. The first-order valence-corrected chi connectivity index (χ1v) is 15.2. The van der Waals surface area contributed by atoms with Crippen molar-refractivity contribution in [3.63, 3.8) is 0 Å². The van der Waals surface area contributed by atoms with Crippen molar-refractivity contribution in [3.05, 3.63) is 47.8 Å². The third-order valence-corrected chi connectivity index (χ3v) is 8.38. The molecule has 0 aromatic heterocycles. The lowest BCUT2D eigenvalue weighted by atomic mass is 9.85. The summed E-state index contributed by atoms with van der Waals surface area (Å²) in [5, 5.41) is 5.38. The Labute approximate surface area is 267 Å². The van der Waals surface area contributed by atoms with E-state index in [9.17, 15) is 28.4 Å². The van der Waals surface area contributed by atoms with Crippen LogP contribution in [0, 0.1) is 17.2 Å². The molecule has 3 N–H and O–H groups in total. The van der Waals surface area contributed by atoms with Gasteiger partial charge in [0, 0.05) is 36.2 Å². The van der Waals surface area contributed by atoms with Gasteiger partial charge in [-0.1, -0.05) is 39.0 Å². The summed E-state index contributed by atoms with van der Waals surface area (Å²) < 4.78 is 25.4. The molecule has 14 heteroatoms. The molecule has 0 spiro atoms. The van der Waals surface area contributed by atoms with Crippen LogP contribution in [0.1, 0.15) is 65.5 Å². The second kappa shape index (κ2) is 12.5. The maximum Gasteiger partial charge on any atom is 0.410 e. The van der Waals surface area contributed by atoms with Gasteiger partial charge < -0.3 is 25.0 Å². The maximum atomic E-state index is 14.3. The van der Waals surface area contributed by atoms with Gasteiger partial charge in [-0.3, -0.25) is 24.1 Å². The van der Waals surface area contributed by atoms with Crippen molar-refractivity contribution in [3.8, 4) is 0 Å². The minimum atomic E-state index is -1.34. The summed E-state index contributed by atoms with van der Waals surface area (Å²) in [6.45, 7) is 14.0. The highest BCUT2D eigenvalue weighted by Crippen LogP contribution is 2.45. The summed E-state index contributed by atoms with van der Waals surface area (Å²) in [5.41, 5.74) is -1.92. The largest absolute Gasteiger partial charge is 0.444 e. The number of carbonyl (C=O) groups is 5. The van der Waals surface area contributed by atoms with Crippen molar-refractivity contribution in [2.24, 2.45) is 11.3 Å². The van der Waals surface area contributed by atoms with Crippen molar-refractivity contribution in [1.82, 2.24) is 25.3 Å². The molecular formula is C31H41ClFN5O7. The maximum absolute atomic E-state index is 14.3. The van der Waals surface area contributed by atoms with Gasteiger partial charge in [-0.2, -0.15) is 0 Å². The number of nitrogens with zero attached hydrogens (tertiary/aromatic N) is 2. The number of fused-ring (bicyclic) bond motifs is 1. The van der Waals surface area contributed by atoms with Gasteiger partial charge >= 0.3 is 12.2 Å². The van der Waals surface area contributed by atoms with Gasteiger partial charge in [0.2, 0.25) is 11.8 Å². The summed E-state index contributed by atoms with van der Waals surface area (Å²) in [7, 11) is 0. The Hall–Kier alpha value is -3.87. The fourth-order valence-corrected chi connectivity index (χ4v) is 5.93. The Kier molecular flexibility index (Phi) is 9.44. The molecule has 1 saturated carbocycles. The number of rotatable bonds is 7. The first-order valence-electron chi connectivity index (χ1n) is 14.8. The number of ether oxygens (including phenoxy) is 2. The Balaban J connectivity index is 1.57. The number of amides is 5. The van der Waals surface area contributed by atoms with Gasteiger partial charge in [0.1, 0.15) is 35.1 Å². The van der Waals surface area contributed by atoms with E-state index in [1.54, 1.807) is 53.7 Å². The van der Waals surface area contributed by atoms with Crippen molar-refractivity contribution in [2.75, 3.05) is 6.54 Å². The number of hydrogen-bond donors (Lipinski definition) is 3. The molecule has 45 heavy (non-hydrogen) atoms. The van der Waals surface area contributed by atoms with Crippen LogP contribution in [0.5, 0.6) is 0 Å². The topological polar surface area (TPSA) is 146 Å². The van der Waals surface area contributed by atoms with E-state index < -0.39 is 70.5 Å². The summed E-state index contributed by atoms with van der Waals surface area (Å²) in [6, 6.07) is 2.32. The molecule has 2 heterocycles. The first-order chi connectivity index (χ1) is 20.9. The highest BCUT2D eigenvalue weighted by atomic mass is 35.5. The van der Waals surface area contributed by atoms with Crippen molar-refractivity contribution in [1.29, 1.82) is 0 Å². The van der Waals surface area contributed by atoms with Crippen LogP contribution in [-0.4, -0.2) is 75.6 Å². The van der Waals surface area contributed by atoms with Crippen LogP contribution in [0.15, 0.2) is 30.9 Å². The summed E-state index contributed by atoms with van der Waals surface area (Å²) in [4.78, 5) is 71.1. The van der Waals surface area contributed by atoms with Crippen LogP contribution in [-0.2, 0) is 36.9 Å². The Morgan fingerprint density at radius 3 is 2.38 bits per heavy atom. The molecule has 2 fully saturated rings. The smallest absolute Gasteiger partial charge is 0.410 e. The van der Waals surface area contributed by atoms with Crippen LogP contribution in [0.2, 0.25) is 0 Å². The molecule has 12 nitrogen and oxygen atoms in total. The lowest BCUT2D eigenvalue weighted by molar-refractivity contribution is -0.143. The Morgan fingerprint density at radius 1 is 1.13 bits per heavy atom. The fraction of sp³-hybridized carbons (Fsp3) is 0.581. The Bertz CT molecular complexity index is 1390. The van der Waals surface area contributed by atoms with E-state index in [1.807, 2.05) is 4.84 Å². The molecule has 1 aliphatic carbocycles. The van der Waals surface area contributed by atoms with E-state index in [0.29, 0.717) is 11.1 Å². The molecular weight excluding hydrogens is 609 g/mol. The molecule has 4 rings (SSSR count). The fourth-order valence-electron chi connectivity index (χ4n) is 5.76. The zero-order valence-electron chi connectivity index (χ0n) is 26.4. The zero-order valence-corrected chi connectivity index (χ0v) is 27.1. The van der Waals surface area contributed by atoms with Gasteiger partial charge in [-0.25, -0.2) is 14.0 Å². The molecule has 1 aromatic rings. The second-order valence-electron chi connectivity index (χ2n) is 13.9. The van der Waals surface area contributed by atoms with E-state index in [4.69, 9.17) is 21.3 Å². The minimum Gasteiger partial charge on any atom is -0.444 e. The van der Waals surface area contributed by atoms with Crippen molar-refractivity contribution < 1.29 is 37.8 Å². The zero-order chi connectivity index (χ0) is 33.5. The SMILES string of the molecule is C=CC1C[C@]1(NC(=O)[C@@H]1C[C@@H](OC(=O)N2Cc3cccc(F)c3C2)CN1C(=O)[C@H](NC(=O)OC(C)(C)C)C(C)(C)C)C(=O)NCl. The molecule has 1 aromatic carbocycles. The third kappa shape index (κ3) is 7.34. The van der Waals surface area contributed by atoms with Crippen LogP contribution >= 0.6 is 11.8 Å². The number of carbonyl (C=O) groups excluding carboxylic acids is 5. The second-order valence-corrected chi connectivity index (χ2v) is 14.0. The van der Waals surface area contributed by atoms with Crippen molar-refractivity contribution in [2.45, 2.75) is 96.8 Å². The third-order valence-electron chi connectivity index (χ3n) is 8.21. The molecule has 3 aliphatic rings. The molecule has 246 valence electrons. The van der Waals surface area contributed by atoms with Crippen LogP contribution in [0.25, 0.3) is 0 Å². The average Bonchev–Trinajstić information content (AvgIpc) is 3.26. The molecule has 0 radical (unpaired) electrons. The van der Waals surface area contributed by atoms with Gasteiger partial charge in [0.05, 0.1) is 13.1 Å². The molecule has 1 unspecified atom stereocenters. The van der Waals surface area contributed by atoms with Gasteiger partial charge in [0.25, 0.3) is 5.91 Å². The molecule has 0 bridgehead atoms. The van der Waals surface area contributed by atoms with Crippen LogP contribution in [0.3, 0.4) is 0 Å². The monoisotopic (exact) mass is 649 g/mol. The highest BCUT2D eigenvalue weighted by molar-refractivity contribution is 6.23. The van der Waals surface area contributed by atoms with E-state index in [-0.39, 0.29) is 38.4 Å². The van der Waals surface area contributed by atoms with Gasteiger partial charge in [-0.15, -0.1) is 6.58 Å². The molecule has 2 aliphatic heterocycles. The van der Waals surface area contributed by atoms with Crippen LogP contribution < -0.4 is 15.5 Å². The number of alkyl carbamates (subject to hydrolysis) is 1. The number of benzene rings is 1. The predicted octanol–water partition coefficient (Wildman–Crippen LogP) is 3.52. The Morgan fingerprint density at radius 2 is 1.82 bits per heavy atom. The minimum absolute atomic E-state index is 0.0189. The summed E-state index contributed by atoms with van der Waals surface area (Å²) in [5.74, 6) is -2.69. The molecule has 1 saturated heterocycles. The molecule has 5 atom stereocenters. The van der Waals surface area contributed by atoms with E-state index in [0.717, 1.165) is 0 Å². The number of halogens is 2. The number of likely N-dealkylation sites (tertiary alicyclic amines) is 1. The van der Waals surface area contributed by atoms with Gasteiger partial charge in [0.15, 0.2) is 0 Å².